The molecule has 1 aromatic rings. The van der Waals surface area contributed by atoms with Gasteiger partial charge in [-0.05, 0) is 25.7 Å². The van der Waals surface area contributed by atoms with Crippen molar-refractivity contribution in [1.82, 2.24) is 10.3 Å². The fraction of sp³-hybridized carbons (Fsp3) is 0.600. The third kappa shape index (κ3) is 1.51. The second kappa shape index (κ2) is 3.48. The number of aromatic nitrogens is 1. The van der Waals surface area contributed by atoms with E-state index in [9.17, 15) is 4.79 Å². The molecule has 1 aliphatic carbocycles. The Kier molecular flexibility index (Phi) is 2.12. The maximum Gasteiger partial charge on any atom is 0.323 e. The SMILES string of the molecule is O=C1NCCN1c1nc2c(s1)CCCC2. The predicted octanol–water partition coefficient (Wildman–Crippen LogP) is 1.55. The van der Waals surface area contributed by atoms with E-state index in [2.05, 4.69) is 10.3 Å². The van der Waals surface area contributed by atoms with E-state index in [1.165, 1.54) is 23.4 Å². The number of hydrogen-bond acceptors (Lipinski definition) is 3. The largest absolute Gasteiger partial charge is 0.336 e. The van der Waals surface area contributed by atoms with Crippen molar-refractivity contribution in [2.75, 3.05) is 18.0 Å². The normalized spacial score (nSPS) is 20.3. The summed E-state index contributed by atoms with van der Waals surface area (Å²) in [6, 6.07) is 0.00102. The molecule has 0 radical (unpaired) electrons. The number of aryl methyl sites for hydroxylation is 2. The Bertz CT molecular complexity index is 378. The van der Waals surface area contributed by atoms with Gasteiger partial charge in [-0.2, -0.15) is 0 Å². The van der Waals surface area contributed by atoms with Crippen LogP contribution < -0.4 is 10.2 Å². The molecule has 0 aromatic carbocycles. The Hall–Kier alpha value is -1.10. The number of nitrogens with zero attached hydrogens (tertiary/aromatic N) is 2. The van der Waals surface area contributed by atoms with Crippen LogP contribution >= 0.6 is 11.3 Å². The van der Waals surface area contributed by atoms with Crippen molar-refractivity contribution >= 4 is 22.5 Å². The topological polar surface area (TPSA) is 45.2 Å². The minimum Gasteiger partial charge on any atom is -0.336 e. The molecule has 4 nitrogen and oxygen atoms in total. The highest BCUT2D eigenvalue weighted by Gasteiger charge is 2.26. The summed E-state index contributed by atoms with van der Waals surface area (Å²) in [4.78, 5) is 19.2. The lowest BCUT2D eigenvalue weighted by Gasteiger charge is -2.08. The van der Waals surface area contributed by atoms with Crippen LogP contribution in [0.2, 0.25) is 0 Å². The highest BCUT2D eigenvalue weighted by Crippen LogP contribution is 2.32. The van der Waals surface area contributed by atoms with Gasteiger partial charge in [0.25, 0.3) is 0 Å². The highest BCUT2D eigenvalue weighted by molar-refractivity contribution is 7.16. The van der Waals surface area contributed by atoms with Gasteiger partial charge in [-0.3, -0.25) is 4.90 Å². The Labute approximate surface area is 92.3 Å². The first-order valence-corrected chi connectivity index (χ1v) is 6.20. The standard InChI is InChI=1S/C10H13N3OS/c14-9-11-5-6-13(9)10-12-7-3-1-2-4-8(7)15-10/h1-6H2,(H,11,14). The molecule has 80 valence electrons. The smallest absolute Gasteiger partial charge is 0.323 e. The number of amides is 2. The summed E-state index contributed by atoms with van der Waals surface area (Å²) in [7, 11) is 0. The van der Waals surface area contributed by atoms with Gasteiger partial charge in [0.1, 0.15) is 0 Å². The molecule has 0 bridgehead atoms. The molecule has 3 rings (SSSR count). The molecule has 15 heavy (non-hydrogen) atoms. The lowest BCUT2D eigenvalue weighted by atomic mass is 10.0. The number of carbonyl (C=O) groups is 1. The number of fused-ring (bicyclic) bond motifs is 1. The molecule has 0 atom stereocenters. The van der Waals surface area contributed by atoms with Crippen LogP contribution in [0.5, 0.6) is 0 Å². The van der Waals surface area contributed by atoms with Crippen LogP contribution in [0.4, 0.5) is 9.93 Å². The summed E-state index contributed by atoms with van der Waals surface area (Å²) in [5.74, 6) is 0. The number of urea groups is 1. The van der Waals surface area contributed by atoms with E-state index in [1.54, 1.807) is 16.2 Å². The second-order valence-electron chi connectivity index (χ2n) is 3.96. The average Bonchev–Trinajstić information content (AvgIpc) is 2.82. The molecule has 5 heteroatoms. The molecule has 1 fully saturated rings. The van der Waals surface area contributed by atoms with Crippen LogP contribution in [0.25, 0.3) is 0 Å². The predicted molar refractivity (Wildman–Crippen MR) is 59.5 cm³/mol. The number of rotatable bonds is 1. The molecule has 1 N–H and O–H groups in total. The molecular formula is C10H13N3OS. The Balaban J connectivity index is 1.92. The lowest BCUT2D eigenvalue weighted by Crippen LogP contribution is -2.27. The van der Waals surface area contributed by atoms with Gasteiger partial charge in [-0.1, -0.05) is 0 Å². The fourth-order valence-electron chi connectivity index (χ4n) is 2.11. The summed E-state index contributed by atoms with van der Waals surface area (Å²) >= 11 is 1.69. The molecule has 2 aliphatic rings. The molecule has 0 unspecified atom stereocenters. The van der Waals surface area contributed by atoms with Gasteiger partial charge in [-0.25, -0.2) is 9.78 Å². The van der Waals surface area contributed by atoms with Gasteiger partial charge >= 0.3 is 6.03 Å². The highest BCUT2D eigenvalue weighted by atomic mass is 32.1. The zero-order valence-electron chi connectivity index (χ0n) is 8.45. The number of thiazole rings is 1. The van der Waals surface area contributed by atoms with Gasteiger partial charge < -0.3 is 5.32 Å². The first kappa shape index (κ1) is 9.15. The number of nitrogens with one attached hydrogen (secondary N) is 1. The van der Waals surface area contributed by atoms with Crippen LogP contribution in [0.3, 0.4) is 0 Å². The number of hydrogen-bond donors (Lipinski definition) is 1. The van der Waals surface area contributed by atoms with Gasteiger partial charge in [0.2, 0.25) is 0 Å². The average molecular weight is 223 g/mol. The van der Waals surface area contributed by atoms with Crippen LogP contribution in [0, 0.1) is 0 Å². The molecule has 1 saturated heterocycles. The van der Waals surface area contributed by atoms with E-state index < -0.39 is 0 Å². The van der Waals surface area contributed by atoms with Gasteiger partial charge in [0.05, 0.1) is 5.69 Å². The first-order valence-electron chi connectivity index (χ1n) is 5.38. The zero-order valence-corrected chi connectivity index (χ0v) is 9.27. The number of anilines is 1. The van der Waals surface area contributed by atoms with Crippen LogP contribution in [0.1, 0.15) is 23.4 Å². The van der Waals surface area contributed by atoms with Gasteiger partial charge in [0.15, 0.2) is 5.13 Å². The van der Waals surface area contributed by atoms with Gasteiger partial charge in [-0.15, -0.1) is 11.3 Å². The molecule has 2 heterocycles. The lowest BCUT2D eigenvalue weighted by molar-refractivity contribution is 0.252. The van der Waals surface area contributed by atoms with Crippen molar-refractivity contribution in [2.45, 2.75) is 25.7 Å². The zero-order chi connectivity index (χ0) is 10.3. The summed E-state index contributed by atoms with van der Waals surface area (Å²) in [5.41, 5.74) is 1.22. The van der Waals surface area contributed by atoms with Crippen molar-refractivity contribution in [3.8, 4) is 0 Å². The Morgan fingerprint density at radius 3 is 2.93 bits per heavy atom. The van der Waals surface area contributed by atoms with Gasteiger partial charge in [0, 0.05) is 18.0 Å². The van der Waals surface area contributed by atoms with E-state index in [0.717, 1.165) is 31.1 Å². The fourth-order valence-corrected chi connectivity index (χ4v) is 3.28. The second-order valence-corrected chi connectivity index (χ2v) is 5.02. The van der Waals surface area contributed by atoms with Crippen molar-refractivity contribution in [2.24, 2.45) is 0 Å². The van der Waals surface area contributed by atoms with Crippen molar-refractivity contribution in [3.63, 3.8) is 0 Å². The minimum atomic E-state index is 0.00102. The maximum atomic E-state index is 11.5. The van der Waals surface area contributed by atoms with Crippen LogP contribution in [-0.2, 0) is 12.8 Å². The summed E-state index contributed by atoms with van der Waals surface area (Å²) < 4.78 is 0. The third-order valence-electron chi connectivity index (χ3n) is 2.92. The summed E-state index contributed by atoms with van der Waals surface area (Å²) in [6.45, 7) is 1.49. The van der Waals surface area contributed by atoms with Crippen molar-refractivity contribution < 1.29 is 4.79 Å². The van der Waals surface area contributed by atoms with E-state index in [0.29, 0.717) is 0 Å². The molecule has 1 aliphatic heterocycles. The number of carbonyl (C=O) groups excluding carboxylic acids is 1. The van der Waals surface area contributed by atoms with E-state index in [4.69, 9.17) is 0 Å². The van der Waals surface area contributed by atoms with Crippen LogP contribution in [0.15, 0.2) is 0 Å². The van der Waals surface area contributed by atoms with Crippen LogP contribution in [-0.4, -0.2) is 24.1 Å². The Morgan fingerprint density at radius 1 is 1.33 bits per heavy atom. The maximum absolute atomic E-state index is 11.5. The molecule has 0 spiro atoms. The molecule has 0 saturated carbocycles. The summed E-state index contributed by atoms with van der Waals surface area (Å²) in [5, 5.41) is 3.69. The Morgan fingerprint density at radius 2 is 2.20 bits per heavy atom. The molecule has 2 amide bonds. The molecular weight excluding hydrogens is 210 g/mol. The summed E-state index contributed by atoms with van der Waals surface area (Å²) in [6.07, 6.45) is 4.73. The molecule has 1 aromatic heterocycles. The quantitative estimate of drug-likeness (QED) is 0.785. The van der Waals surface area contributed by atoms with Crippen molar-refractivity contribution in [1.29, 1.82) is 0 Å². The van der Waals surface area contributed by atoms with Crippen molar-refractivity contribution in [3.05, 3.63) is 10.6 Å². The first-order chi connectivity index (χ1) is 7.34. The minimum absolute atomic E-state index is 0.00102. The monoisotopic (exact) mass is 223 g/mol. The van der Waals surface area contributed by atoms with E-state index in [-0.39, 0.29) is 6.03 Å². The van der Waals surface area contributed by atoms with E-state index in [1.807, 2.05) is 0 Å². The van der Waals surface area contributed by atoms with E-state index >= 15 is 0 Å². The third-order valence-corrected chi connectivity index (χ3v) is 4.10.